The van der Waals surface area contributed by atoms with Gasteiger partial charge in [0.05, 0.1) is 6.54 Å². The molecule has 0 unspecified atom stereocenters. The topological polar surface area (TPSA) is 73.3 Å². The molecule has 2 heterocycles. The summed E-state index contributed by atoms with van der Waals surface area (Å²) in [5, 5.41) is 9.41. The zero-order valence-corrected chi connectivity index (χ0v) is 15.3. The van der Waals surface area contributed by atoms with E-state index in [4.69, 9.17) is 4.74 Å². The Kier molecular flexibility index (Phi) is 6.09. The summed E-state index contributed by atoms with van der Waals surface area (Å²) in [4.78, 5) is 29.7. The summed E-state index contributed by atoms with van der Waals surface area (Å²) in [7, 11) is 2.07. The summed E-state index contributed by atoms with van der Waals surface area (Å²) < 4.78 is 5.67. The Morgan fingerprint density at radius 3 is 2.50 bits per heavy atom. The first-order chi connectivity index (χ1) is 11.2. The first-order valence-electron chi connectivity index (χ1n) is 8.86. The maximum Gasteiger partial charge on any atom is 0.410 e. The third kappa shape index (κ3) is 4.60. The van der Waals surface area contributed by atoms with Crippen LogP contribution in [0.3, 0.4) is 0 Å². The van der Waals surface area contributed by atoms with Crippen LogP contribution in [0.15, 0.2) is 0 Å². The lowest BCUT2D eigenvalue weighted by molar-refractivity contribution is -0.142. The van der Waals surface area contributed by atoms with Crippen LogP contribution in [0, 0.1) is 5.92 Å². The molecule has 0 saturated carbocycles. The molecule has 7 nitrogen and oxygen atoms in total. The SMILES string of the molecule is CC(C)CN(C)CCN1CC2(CCN(C(=O)[C@H](C)O)CC2)OC1=O. The Hall–Kier alpha value is -1.34. The van der Waals surface area contributed by atoms with Crippen LogP contribution in [0.2, 0.25) is 0 Å². The highest BCUT2D eigenvalue weighted by molar-refractivity contribution is 5.80. The van der Waals surface area contributed by atoms with E-state index < -0.39 is 11.7 Å². The Balaban J connectivity index is 1.83. The van der Waals surface area contributed by atoms with Crippen molar-refractivity contribution in [2.45, 2.75) is 45.3 Å². The van der Waals surface area contributed by atoms with Gasteiger partial charge in [-0.2, -0.15) is 0 Å². The van der Waals surface area contributed by atoms with Gasteiger partial charge in [0.25, 0.3) is 5.91 Å². The molecule has 2 aliphatic heterocycles. The molecule has 0 radical (unpaired) electrons. The van der Waals surface area contributed by atoms with E-state index in [-0.39, 0.29) is 12.0 Å². The van der Waals surface area contributed by atoms with E-state index in [9.17, 15) is 14.7 Å². The van der Waals surface area contributed by atoms with Gasteiger partial charge in [-0.1, -0.05) is 13.8 Å². The molecule has 2 aliphatic rings. The largest absolute Gasteiger partial charge is 0.441 e. The molecule has 0 aromatic heterocycles. The summed E-state index contributed by atoms with van der Waals surface area (Å²) in [5.74, 6) is 0.351. The highest BCUT2D eigenvalue weighted by atomic mass is 16.6. The number of carbonyl (C=O) groups is 2. The van der Waals surface area contributed by atoms with Crippen molar-refractivity contribution >= 4 is 12.0 Å². The van der Waals surface area contributed by atoms with Crippen LogP contribution < -0.4 is 0 Å². The minimum atomic E-state index is -0.974. The predicted molar refractivity (Wildman–Crippen MR) is 90.6 cm³/mol. The van der Waals surface area contributed by atoms with Gasteiger partial charge in [0.1, 0.15) is 11.7 Å². The second kappa shape index (κ2) is 7.70. The molecule has 7 heteroatoms. The first kappa shape index (κ1) is 19.0. The van der Waals surface area contributed by atoms with E-state index in [1.165, 1.54) is 6.92 Å². The number of carbonyl (C=O) groups excluding carboxylic acids is 2. The highest BCUT2D eigenvalue weighted by Gasteiger charge is 2.47. The third-order valence-corrected chi connectivity index (χ3v) is 4.81. The fourth-order valence-electron chi connectivity index (χ4n) is 3.53. The van der Waals surface area contributed by atoms with Gasteiger partial charge in [0.15, 0.2) is 0 Å². The van der Waals surface area contributed by atoms with E-state index in [0.717, 1.165) is 13.1 Å². The Labute approximate surface area is 144 Å². The number of hydrogen-bond acceptors (Lipinski definition) is 5. The monoisotopic (exact) mass is 341 g/mol. The van der Waals surface area contributed by atoms with Crippen molar-refractivity contribution < 1.29 is 19.4 Å². The molecule has 2 saturated heterocycles. The molecule has 0 bridgehead atoms. The van der Waals surface area contributed by atoms with Gasteiger partial charge in [-0.15, -0.1) is 0 Å². The number of hydrogen-bond donors (Lipinski definition) is 1. The molecule has 0 aliphatic carbocycles. The van der Waals surface area contributed by atoms with Crippen molar-refractivity contribution in [1.82, 2.24) is 14.7 Å². The summed E-state index contributed by atoms with van der Waals surface area (Å²) in [6.07, 6.45) is 0.0480. The molecular weight excluding hydrogens is 310 g/mol. The maximum absolute atomic E-state index is 12.2. The number of nitrogens with zero attached hydrogens (tertiary/aromatic N) is 3. The highest BCUT2D eigenvalue weighted by Crippen LogP contribution is 2.33. The Bertz CT molecular complexity index is 459. The lowest BCUT2D eigenvalue weighted by atomic mass is 9.91. The van der Waals surface area contributed by atoms with Crippen LogP contribution >= 0.6 is 0 Å². The molecule has 2 rings (SSSR count). The van der Waals surface area contributed by atoms with Crippen molar-refractivity contribution in [2.24, 2.45) is 5.92 Å². The average Bonchev–Trinajstić information content (AvgIpc) is 2.80. The molecule has 138 valence electrons. The third-order valence-electron chi connectivity index (χ3n) is 4.81. The molecule has 2 amide bonds. The fourth-order valence-corrected chi connectivity index (χ4v) is 3.53. The van der Waals surface area contributed by atoms with Crippen molar-refractivity contribution in [3.8, 4) is 0 Å². The minimum absolute atomic E-state index is 0.247. The Morgan fingerprint density at radius 1 is 1.33 bits per heavy atom. The van der Waals surface area contributed by atoms with E-state index >= 15 is 0 Å². The maximum atomic E-state index is 12.2. The first-order valence-corrected chi connectivity index (χ1v) is 8.86. The summed E-state index contributed by atoms with van der Waals surface area (Å²) in [5.41, 5.74) is -0.469. The molecule has 2 fully saturated rings. The van der Waals surface area contributed by atoms with Gasteiger partial charge in [-0.3, -0.25) is 4.79 Å². The number of likely N-dealkylation sites (tertiary alicyclic amines) is 1. The number of aliphatic hydroxyl groups is 1. The zero-order valence-electron chi connectivity index (χ0n) is 15.3. The van der Waals surface area contributed by atoms with Gasteiger partial charge < -0.3 is 24.5 Å². The molecule has 1 atom stereocenters. The molecule has 1 spiro atoms. The summed E-state index contributed by atoms with van der Waals surface area (Å²) in [6.45, 7) is 9.99. The second-order valence-corrected chi connectivity index (χ2v) is 7.63. The molecule has 0 aromatic carbocycles. The number of rotatable bonds is 6. The van der Waals surface area contributed by atoms with Crippen LogP contribution in [-0.4, -0.2) is 89.8 Å². The van der Waals surface area contributed by atoms with Crippen LogP contribution in [0.25, 0.3) is 0 Å². The predicted octanol–water partition coefficient (Wildman–Crippen LogP) is 0.768. The standard InChI is InChI=1S/C17H31N3O4/c1-13(2)11-18(4)9-10-20-12-17(24-16(20)23)5-7-19(8-6-17)15(22)14(3)21/h13-14,21H,5-12H2,1-4H3/t14-/m0/s1. The quantitative estimate of drug-likeness (QED) is 0.772. The van der Waals surface area contributed by atoms with Crippen molar-refractivity contribution in [3.63, 3.8) is 0 Å². The lowest BCUT2D eigenvalue weighted by Gasteiger charge is -2.37. The molecular formula is C17H31N3O4. The molecule has 0 aromatic rings. The van der Waals surface area contributed by atoms with Gasteiger partial charge in [0, 0.05) is 45.6 Å². The van der Waals surface area contributed by atoms with Crippen LogP contribution in [-0.2, 0) is 9.53 Å². The number of likely N-dealkylation sites (N-methyl/N-ethyl adjacent to an activating group) is 1. The zero-order chi connectivity index (χ0) is 17.9. The normalized spacial score (nSPS) is 21.7. The van der Waals surface area contributed by atoms with E-state index in [2.05, 4.69) is 25.8 Å². The van der Waals surface area contributed by atoms with Gasteiger partial charge in [-0.05, 0) is 19.9 Å². The van der Waals surface area contributed by atoms with E-state index in [0.29, 0.717) is 44.9 Å². The Morgan fingerprint density at radius 2 is 1.96 bits per heavy atom. The number of piperidine rings is 1. The lowest BCUT2D eigenvalue weighted by Crippen LogP contribution is -2.50. The van der Waals surface area contributed by atoms with E-state index in [1.54, 1.807) is 9.80 Å². The second-order valence-electron chi connectivity index (χ2n) is 7.63. The average molecular weight is 341 g/mol. The smallest absolute Gasteiger partial charge is 0.410 e. The van der Waals surface area contributed by atoms with Gasteiger partial charge >= 0.3 is 6.09 Å². The van der Waals surface area contributed by atoms with Crippen LogP contribution in [0.4, 0.5) is 4.79 Å². The van der Waals surface area contributed by atoms with E-state index in [1.807, 2.05) is 0 Å². The van der Waals surface area contributed by atoms with Gasteiger partial charge in [0.2, 0.25) is 0 Å². The molecule has 24 heavy (non-hydrogen) atoms. The number of ether oxygens (including phenoxy) is 1. The number of aliphatic hydroxyl groups excluding tert-OH is 1. The van der Waals surface area contributed by atoms with Crippen molar-refractivity contribution in [2.75, 3.05) is 46.3 Å². The number of amides is 2. The summed E-state index contributed by atoms with van der Waals surface area (Å²) >= 11 is 0. The van der Waals surface area contributed by atoms with Crippen LogP contribution in [0.5, 0.6) is 0 Å². The minimum Gasteiger partial charge on any atom is -0.441 e. The van der Waals surface area contributed by atoms with Gasteiger partial charge in [-0.25, -0.2) is 4.79 Å². The van der Waals surface area contributed by atoms with Crippen LogP contribution in [0.1, 0.15) is 33.6 Å². The summed E-state index contributed by atoms with van der Waals surface area (Å²) in [6, 6.07) is 0. The van der Waals surface area contributed by atoms with Crippen molar-refractivity contribution in [1.29, 1.82) is 0 Å². The fraction of sp³-hybridized carbons (Fsp3) is 0.882. The van der Waals surface area contributed by atoms with Crippen molar-refractivity contribution in [3.05, 3.63) is 0 Å². The molecule has 1 N–H and O–H groups in total.